The average molecular weight is 853 g/mol. The number of halogens is 2. The Labute approximate surface area is 353 Å². The summed E-state index contributed by atoms with van der Waals surface area (Å²) < 4.78 is 31.1. The molecule has 6 aliphatic heterocycles. The summed E-state index contributed by atoms with van der Waals surface area (Å²) in [6.07, 6.45) is 6.16. The van der Waals surface area contributed by atoms with Crippen molar-refractivity contribution in [2.24, 2.45) is 0 Å². The van der Waals surface area contributed by atoms with E-state index in [1.54, 1.807) is 47.9 Å². The predicted octanol–water partition coefficient (Wildman–Crippen LogP) is 2.38. The van der Waals surface area contributed by atoms with E-state index in [2.05, 4.69) is 20.4 Å². The molecular weight excluding hydrogens is 807 g/mol. The van der Waals surface area contributed by atoms with Crippen molar-refractivity contribution >= 4 is 23.6 Å². The van der Waals surface area contributed by atoms with Crippen LogP contribution >= 0.6 is 0 Å². The molecule has 324 valence electrons. The first-order chi connectivity index (χ1) is 29.7. The summed E-state index contributed by atoms with van der Waals surface area (Å²) in [6.45, 7) is 7.42. The maximum Gasteiger partial charge on any atom is 0.276 e. The van der Waals surface area contributed by atoms with E-state index in [0.717, 1.165) is 63.0 Å². The first-order valence-corrected chi connectivity index (χ1v) is 20.8. The average Bonchev–Trinajstić information content (AvgIpc) is 3.64. The molecule has 4 N–H and O–H groups in total. The molecule has 18 heteroatoms. The van der Waals surface area contributed by atoms with E-state index < -0.39 is 45.8 Å². The zero-order valence-corrected chi connectivity index (χ0v) is 34.2. The highest BCUT2D eigenvalue weighted by atomic mass is 19.1. The highest BCUT2D eigenvalue weighted by molar-refractivity contribution is 6.00. The number of fused-ring (bicyclic) bond motifs is 12. The minimum Gasteiger partial charge on any atom is -0.503 e. The Balaban J connectivity index is 0.000000158. The molecule has 10 rings (SSSR count). The van der Waals surface area contributed by atoms with E-state index in [1.807, 2.05) is 0 Å². The Hall–Kier alpha value is -6.40. The van der Waals surface area contributed by atoms with Gasteiger partial charge in [0.05, 0.1) is 13.1 Å². The van der Waals surface area contributed by atoms with Crippen molar-refractivity contribution in [2.45, 2.75) is 90.1 Å². The van der Waals surface area contributed by atoms with Crippen LogP contribution in [-0.4, -0.2) is 113 Å². The van der Waals surface area contributed by atoms with Crippen molar-refractivity contribution in [3.8, 4) is 11.5 Å². The molecule has 0 aliphatic carbocycles. The molecule has 2 aromatic carbocycles. The maximum atomic E-state index is 14.0. The maximum absolute atomic E-state index is 14.0. The summed E-state index contributed by atoms with van der Waals surface area (Å²) in [4.78, 5) is 84.9. The smallest absolute Gasteiger partial charge is 0.276 e. The summed E-state index contributed by atoms with van der Waals surface area (Å²) in [5, 5.41) is 26.1. The highest BCUT2D eigenvalue weighted by Crippen LogP contribution is 2.37. The first kappa shape index (κ1) is 41.0. The van der Waals surface area contributed by atoms with Gasteiger partial charge >= 0.3 is 0 Å². The zero-order valence-electron chi connectivity index (χ0n) is 34.2. The summed E-state index contributed by atoms with van der Waals surface area (Å²) in [5.41, 5.74) is -0.391. The molecule has 0 saturated carbocycles. The molecule has 0 radical (unpaired) electrons. The van der Waals surface area contributed by atoms with Crippen molar-refractivity contribution < 1.29 is 38.2 Å². The van der Waals surface area contributed by atoms with Gasteiger partial charge in [0.15, 0.2) is 22.9 Å². The molecule has 2 aromatic heterocycles. The topological polar surface area (TPSA) is 190 Å². The van der Waals surface area contributed by atoms with Crippen LogP contribution in [0.1, 0.15) is 89.6 Å². The number of aromatic nitrogens is 2. The van der Waals surface area contributed by atoms with E-state index in [-0.39, 0.29) is 83.0 Å². The van der Waals surface area contributed by atoms with Gasteiger partial charge in [-0.05, 0) is 62.8 Å². The molecule has 4 saturated heterocycles. The molecule has 4 fully saturated rings. The standard InChI is InChI=1S/2C22H23FN4O4/c2*1-12-4-5-13(16(23)7-12)8-24-21(30)15-10-26-11-17-25-6-2-3-14(9-25)27(17)22(31)18(26)20(29)19(15)28/h2*4-5,7,10,14,17,29H,2-3,6,8-9,11H2,1H3,(H,24,30)/t2*14-,17?/m10/s1. The van der Waals surface area contributed by atoms with Crippen molar-refractivity contribution in [1.29, 1.82) is 0 Å². The predicted molar refractivity (Wildman–Crippen MR) is 218 cm³/mol. The molecule has 4 aromatic rings. The Bertz CT molecular complexity index is 2500. The van der Waals surface area contributed by atoms with Crippen LogP contribution in [0.4, 0.5) is 8.78 Å². The number of nitrogens with one attached hydrogen (secondary N) is 2. The zero-order chi connectivity index (χ0) is 43.7. The lowest BCUT2D eigenvalue weighted by atomic mass is 10.1. The molecule has 4 unspecified atom stereocenters. The minimum atomic E-state index is -0.901. The van der Waals surface area contributed by atoms with Crippen molar-refractivity contribution in [3.63, 3.8) is 0 Å². The van der Waals surface area contributed by atoms with Gasteiger partial charge in [0, 0.05) is 74.9 Å². The fraction of sp³-hybridized carbons (Fsp3) is 0.409. The number of piperidine rings is 2. The minimum absolute atomic E-state index is 0.0730. The second-order valence-electron chi connectivity index (χ2n) is 17.0. The normalized spacial score (nSPS) is 24.0. The number of nitrogens with zero attached hydrogens (tertiary/aromatic N) is 6. The van der Waals surface area contributed by atoms with Crippen LogP contribution in [0.3, 0.4) is 0 Å². The lowest BCUT2D eigenvalue weighted by Crippen LogP contribution is -2.51. The van der Waals surface area contributed by atoms with Gasteiger partial charge in [-0.25, -0.2) is 8.78 Å². The molecule has 6 atom stereocenters. The summed E-state index contributed by atoms with van der Waals surface area (Å²) in [7, 11) is 0. The van der Waals surface area contributed by atoms with Crippen LogP contribution in [-0.2, 0) is 26.2 Å². The van der Waals surface area contributed by atoms with Crippen LogP contribution in [0.25, 0.3) is 0 Å². The highest BCUT2D eigenvalue weighted by Gasteiger charge is 2.50. The molecule has 4 bridgehead atoms. The van der Waals surface area contributed by atoms with E-state index in [9.17, 15) is 47.8 Å². The van der Waals surface area contributed by atoms with Gasteiger partial charge in [-0.1, -0.05) is 24.3 Å². The van der Waals surface area contributed by atoms with E-state index in [4.69, 9.17) is 0 Å². The van der Waals surface area contributed by atoms with Crippen molar-refractivity contribution in [2.75, 3.05) is 26.2 Å². The first-order valence-electron chi connectivity index (χ1n) is 20.8. The third kappa shape index (κ3) is 7.00. The Morgan fingerprint density at radius 2 is 1.05 bits per heavy atom. The molecule has 62 heavy (non-hydrogen) atoms. The van der Waals surface area contributed by atoms with Crippen LogP contribution < -0.4 is 21.5 Å². The van der Waals surface area contributed by atoms with E-state index in [0.29, 0.717) is 13.1 Å². The van der Waals surface area contributed by atoms with Gasteiger partial charge in [0.1, 0.15) is 35.1 Å². The number of hydrogen-bond acceptors (Lipinski definition) is 10. The molecule has 6 aliphatic rings. The van der Waals surface area contributed by atoms with Gasteiger partial charge in [-0.2, -0.15) is 0 Å². The van der Waals surface area contributed by atoms with Crippen LogP contribution in [0, 0.1) is 25.5 Å². The fourth-order valence-corrected chi connectivity index (χ4v) is 9.90. The number of pyridine rings is 2. The molecular formula is C44H46F2N8O8. The number of aromatic hydroxyl groups is 2. The van der Waals surface area contributed by atoms with Crippen LogP contribution in [0.2, 0.25) is 0 Å². The van der Waals surface area contributed by atoms with E-state index >= 15 is 0 Å². The Morgan fingerprint density at radius 1 is 0.645 bits per heavy atom. The number of rotatable bonds is 6. The lowest BCUT2D eigenvalue weighted by molar-refractivity contribution is 0.0478. The molecule has 4 amide bonds. The second-order valence-corrected chi connectivity index (χ2v) is 17.0. The van der Waals surface area contributed by atoms with Crippen LogP contribution in [0.5, 0.6) is 11.5 Å². The number of carbonyl (C=O) groups is 4. The summed E-state index contributed by atoms with van der Waals surface area (Å²) in [6, 6.07) is 9.51. The molecule has 0 spiro atoms. The monoisotopic (exact) mass is 852 g/mol. The fourth-order valence-electron chi connectivity index (χ4n) is 9.90. The van der Waals surface area contributed by atoms with Gasteiger partial charge in [0.2, 0.25) is 10.9 Å². The summed E-state index contributed by atoms with van der Waals surface area (Å²) >= 11 is 0. The summed E-state index contributed by atoms with van der Waals surface area (Å²) in [5.74, 6) is -4.53. The Morgan fingerprint density at radius 3 is 1.44 bits per heavy atom. The largest absolute Gasteiger partial charge is 0.503 e. The quantitative estimate of drug-likeness (QED) is 0.224. The van der Waals surface area contributed by atoms with Gasteiger partial charge in [0.25, 0.3) is 23.6 Å². The number of benzene rings is 2. The molecule has 8 heterocycles. The third-order valence-electron chi connectivity index (χ3n) is 13.0. The van der Waals surface area contributed by atoms with Gasteiger partial charge in [-0.15, -0.1) is 0 Å². The third-order valence-corrected chi connectivity index (χ3v) is 13.0. The van der Waals surface area contributed by atoms with Crippen LogP contribution in [0.15, 0.2) is 58.4 Å². The second kappa shape index (κ2) is 15.8. The van der Waals surface area contributed by atoms with E-state index in [1.165, 1.54) is 33.7 Å². The number of aryl methyl sites for hydroxylation is 2. The molecule has 16 nitrogen and oxygen atoms in total. The van der Waals surface area contributed by atoms with Crippen molar-refractivity contribution in [3.05, 3.63) is 126 Å². The Kier molecular flexibility index (Phi) is 10.5. The number of hydrogen-bond donors (Lipinski definition) is 4. The van der Waals surface area contributed by atoms with Crippen molar-refractivity contribution in [1.82, 2.24) is 39.4 Å². The number of carbonyl (C=O) groups excluding carboxylic acids is 4. The lowest BCUT2D eigenvalue weighted by Gasteiger charge is -2.36. The number of amides is 4. The SMILES string of the molecule is Cc1ccc(CNC(=O)c2cn3c(c(O)c2=O)C(=O)N2C(C3)N3CCC[C@@H]2C3)c(F)c1.Cc1ccc(CNC(=O)c2cn3c(c(O)c2=O)C(=O)N2C(C3)N3CCC[C@H]2C3)c(F)c1. The van der Waals surface area contributed by atoms with Gasteiger partial charge in [-0.3, -0.25) is 38.6 Å². The van der Waals surface area contributed by atoms with Gasteiger partial charge < -0.3 is 39.8 Å².